The van der Waals surface area contributed by atoms with E-state index in [-0.39, 0.29) is 18.2 Å². The van der Waals surface area contributed by atoms with Crippen LogP contribution in [0.3, 0.4) is 0 Å². The van der Waals surface area contributed by atoms with Crippen LogP contribution in [0.2, 0.25) is 0 Å². The van der Waals surface area contributed by atoms with E-state index in [4.69, 9.17) is 14.2 Å². The van der Waals surface area contributed by atoms with E-state index in [1.165, 1.54) is 6.26 Å². The van der Waals surface area contributed by atoms with E-state index in [2.05, 4.69) is 6.92 Å². The fourth-order valence-corrected chi connectivity index (χ4v) is 1.46. The van der Waals surface area contributed by atoms with E-state index < -0.39 is 0 Å². The largest absolute Gasteiger partial charge is 0.473 e. The Morgan fingerprint density at radius 3 is 3.00 bits per heavy atom. The highest BCUT2D eigenvalue weighted by molar-refractivity contribution is 5.74. The minimum Gasteiger partial charge on any atom is -0.473 e. The predicted molar refractivity (Wildman–Crippen MR) is 59.6 cm³/mol. The van der Waals surface area contributed by atoms with Crippen molar-refractivity contribution in [3.8, 4) is 0 Å². The first-order chi connectivity index (χ1) is 7.77. The van der Waals surface area contributed by atoms with E-state index >= 15 is 0 Å². The highest BCUT2D eigenvalue weighted by atomic mass is 16.7. The van der Waals surface area contributed by atoms with Gasteiger partial charge in [0.25, 0.3) is 0 Å². The summed E-state index contributed by atoms with van der Waals surface area (Å²) in [5.74, 6) is -0.438. The molecule has 92 valence electrons. The van der Waals surface area contributed by atoms with Gasteiger partial charge in [-0.25, -0.2) is 0 Å². The molecule has 0 amide bonds. The molecule has 4 heteroatoms. The Morgan fingerprint density at radius 2 is 2.31 bits per heavy atom. The Morgan fingerprint density at radius 1 is 1.50 bits per heavy atom. The second-order valence-electron chi connectivity index (χ2n) is 3.71. The highest BCUT2D eigenvalue weighted by Gasteiger charge is 2.26. The second-order valence-corrected chi connectivity index (χ2v) is 3.71. The normalized spacial score (nSPS) is 23.9. The fraction of sp³-hybridized carbons (Fsp3) is 0.750. The van der Waals surface area contributed by atoms with Gasteiger partial charge in [0.05, 0.1) is 25.4 Å². The Balaban J connectivity index is 2.32. The van der Waals surface area contributed by atoms with Crippen LogP contribution in [0.15, 0.2) is 12.3 Å². The first-order valence-electron chi connectivity index (χ1n) is 5.88. The third-order valence-corrected chi connectivity index (χ3v) is 2.38. The summed E-state index contributed by atoms with van der Waals surface area (Å²) in [5, 5.41) is 0. The summed E-state index contributed by atoms with van der Waals surface area (Å²) in [6.45, 7) is 4.98. The average Bonchev–Trinajstić information content (AvgIpc) is 2.30. The molecule has 1 heterocycles. The predicted octanol–water partition coefficient (Wildman–Crippen LogP) is 2.24. The molecule has 0 unspecified atom stereocenters. The Bertz CT molecular complexity index is 237. The molecule has 0 aromatic rings. The van der Waals surface area contributed by atoms with Crippen LogP contribution in [0.4, 0.5) is 0 Å². The molecule has 0 spiro atoms. The first kappa shape index (κ1) is 13.0. The minimum absolute atomic E-state index is 0.203. The lowest BCUT2D eigenvalue weighted by Crippen LogP contribution is -2.28. The average molecular weight is 228 g/mol. The lowest BCUT2D eigenvalue weighted by Gasteiger charge is -2.24. The maximum Gasteiger partial charge on any atom is 0.313 e. The van der Waals surface area contributed by atoms with Crippen molar-refractivity contribution in [3.63, 3.8) is 0 Å². The third kappa shape index (κ3) is 4.23. The van der Waals surface area contributed by atoms with Gasteiger partial charge < -0.3 is 14.2 Å². The topological polar surface area (TPSA) is 44.8 Å². The summed E-state index contributed by atoms with van der Waals surface area (Å²) in [6, 6.07) is 0. The van der Waals surface area contributed by atoms with E-state index in [0.29, 0.717) is 19.6 Å². The number of rotatable bonds is 6. The molecule has 0 bridgehead atoms. The van der Waals surface area contributed by atoms with Crippen LogP contribution in [0.25, 0.3) is 0 Å². The summed E-state index contributed by atoms with van der Waals surface area (Å²) in [5.41, 5.74) is 0. The molecule has 0 radical (unpaired) electrons. The number of hydrogen-bond acceptors (Lipinski definition) is 4. The summed E-state index contributed by atoms with van der Waals surface area (Å²) in [7, 11) is 0. The van der Waals surface area contributed by atoms with Gasteiger partial charge in [-0.15, -0.1) is 0 Å². The van der Waals surface area contributed by atoms with Gasteiger partial charge in [0.15, 0.2) is 6.29 Å². The SMILES string of the molecule is CCCCO[C@@H]1C[C@@H](C(=O)OCC)C=CO1. The smallest absolute Gasteiger partial charge is 0.313 e. The van der Waals surface area contributed by atoms with Gasteiger partial charge in [0.2, 0.25) is 0 Å². The van der Waals surface area contributed by atoms with Crippen molar-refractivity contribution >= 4 is 5.97 Å². The van der Waals surface area contributed by atoms with Crippen molar-refractivity contribution in [2.75, 3.05) is 13.2 Å². The van der Waals surface area contributed by atoms with Gasteiger partial charge in [-0.1, -0.05) is 13.3 Å². The summed E-state index contributed by atoms with van der Waals surface area (Å²) in [6.07, 6.45) is 5.57. The molecular weight excluding hydrogens is 208 g/mol. The van der Waals surface area contributed by atoms with Gasteiger partial charge in [0, 0.05) is 6.42 Å². The zero-order chi connectivity index (χ0) is 11.8. The number of hydrogen-bond donors (Lipinski definition) is 0. The Kier molecular flexibility index (Phi) is 5.93. The molecule has 2 atom stereocenters. The molecule has 0 aromatic carbocycles. The molecule has 16 heavy (non-hydrogen) atoms. The number of esters is 1. The van der Waals surface area contributed by atoms with Crippen molar-refractivity contribution in [1.82, 2.24) is 0 Å². The molecule has 1 aliphatic heterocycles. The van der Waals surface area contributed by atoms with Gasteiger partial charge in [-0.05, 0) is 19.4 Å². The summed E-state index contributed by atoms with van der Waals surface area (Å²) >= 11 is 0. The molecular formula is C12H20O4. The Hall–Kier alpha value is -1.03. The van der Waals surface area contributed by atoms with Crippen LogP contribution < -0.4 is 0 Å². The molecule has 1 aliphatic rings. The van der Waals surface area contributed by atoms with Crippen molar-refractivity contribution in [2.45, 2.75) is 39.4 Å². The number of carbonyl (C=O) groups is 1. The summed E-state index contributed by atoms with van der Waals surface area (Å²) < 4.78 is 15.7. The second kappa shape index (κ2) is 7.28. The van der Waals surface area contributed by atoms with Crippen LogP contribution in [0.5, 0.6) is 0 Å². The van der Waals surface area contributed by atoms with Crippen molar-refractivity contribution in [2.24, 2.45) is 5.92 Å². The standard InChI is InChI=1S/C12H20O4/c1-3-5-7-15-11-9-10(6-8-16-11)12(13)14-4-2/h6,8,10-11H,3-5,7,9H2,1-2H3/t10-,11-/m0/s1. The van der Waals surface area contributed by atoms with Crippen molar-refractivity contribution < 1.29 is 19.0 Å². The van der Waals surface area contributed by atoms with Gasteiger partial charge >= 0.3 is 5.97 Å². The van der Waals surface area contributed by atoms with Crippen LogP contribution >= 0.6 is 0 Å². The van der Waals surface area contributed by atoms with Gasteiger partial charge in [-0.3, -0.25) is 4.79 Å². The van der Waals surface area contributed by atoms with E-state index in [1.807, 2.05) is 0 Å². The van der Waals surface area contributed by atoms with E-state index in [9.17, 15) is 4.79 Å². The quantitative estimate of drug-likeness (QED) is 0.516. The highest BCUT2D eigenvalue weighted by Crippen LogP contribution is 2.19. The maximum atomic E-state index is 11.5. The lowest BCUT2D eigenvalue weighted by molar-refractivity contribution is -0.157. The molecule has 0 N–H and O–H groups in total. The van der Waals surface area contributed by atoms with Gasteiger partial charge in [0.1, 0.15) is 0 Å². The minimum atomic E-state index is -0.314. The maximum absolute atomic E-state index is 11.5. The monoisotopic (exact) mass is 228 g/mol. The van der Waals surface area contributed by atoms with Crippen LogP contribution in [-0.2, 0) is 19.0 Å². The number of ether oxygens (including phenoxy) is 3. The van der Waals surface area contributed by atoms with Crippen molar-refractivity contribution in [1.29, 1.82) is 0 Å². The first-order valence-corrected chi connectivity index (χ1v) is 5.88. The van der Waals surface area contributed by atoms with Crippen LogP contribution in [0, 0.1) is 5.92 Å². The van der Waals surface area contributed by atoms with Crippen molar-refractivity contribution in [3.05, 3.63) is 12.3 Å². The lowest BCUT2D eigenvalue weighted by atomic mass is 10.0. The number of unbranched alkanes of at least 4 members (excludes halogenated alkanes) is 1. The van der Waals surface area contributed by atoms with E-state index in [1.54, 1.807) is 13.0 Å². The third-order valence-electron chi connectivity index (χ3n) is 2.38. The number of carbonyl (C=O) groups excluding carboxylic acids is 1. The molecule has 0 fully saturated rings. The summed E-state index contributed by atoms with van der Waals surface area (Å²) in [4.78, 5) is 11.5. The van der Waals surface area contributed by atoms with Crippen LogP contribution in [-0.4, -0.2) is 25.5 Å². The Labute approximate surface area is 96.6 Å². The van der Waals surface area contributed by atoms with Gasteiger partial charge in [-0.2, -0.15) is 0 Å². The zero-order valence-corrected chi connectivity index (χ0v) is 9.98. The molecule has 1 rings (SSSR count). The van der Waals surface area contributed by atoms with E-state index in [0.717, 1.165) is 12.8 Å². The molecule has 4 nitrogen and oxygen atoms in total. The molecule has 0 saturated carbocycles. The van der Waals surface area contributed by atoms with Crippen LogP contribution in [0.1, 0.15) is 33.1 Å². The molecule has 0 saturated heterocycles. The zero-order valence-electron chi connectivity index (χ0n) is 9.98. The molecule has 0 aromatic heterocycles. The fourth-order valence-electron chi connectivity index (χ4n) is 1.46. The molecule has 0 aliphatic carbocycles.